The van der Waals surface area contributed by atoms with Gasteiger partial charge in [-0.05, 0) is 27.7 Å². The molecule has 0 aromatic heterocycles. The molecular formula is C13H30N2O4. The Labute approximate surface area is 116 Å². The zero-order chi connectivity index (χ0) is 14.7. The van der Waals surface area contributed by atoms with Gasteiger partial charge in [0, 0.05) is 12.1 Å². The first-order valence-corrected chi connectivity index (χ1v) is 6.81. The maximum absolute atomic E-state index is 5.60. The van der Waals surface area contributed by atoms with Crippen molar-refractivity contribution in [3.05, 3.63) is 0 Å². The molecule has 0 fully saturated rings. The number of hydrogen-bond donors (Lipinski definition) is 2. The third kappa shape index (κ3) is 14.0. The second-order valence-electron chi connectivity index (χ2n) is 5.10. The second-order valence-corrected chi connectivity index (χ2v) is 5.10. The molecule has 0 rings (SSSR count). The van der Waals surface area contributed by atoms with Gasteiger partial charge in [0.25, 0.3) is 0 Å². The van der Waals surface area contributed by atoms with Crippen LogP contribution in [0.3, 0.4) is 0 Å². The van der Waals surface area contributed by atoms with Crippen molar-refractivity contribution < 1.29 is 18.9 Å². The summed E-state index contributed by atoms with van der Waals surface area (Å²) in [6, 6.07) is 0.0745. The predicted molar refractivity (Wildman–Crippen MR) is 74.9 cm³/mol. The molecule has 4 N–H and O–H groups in total. The molecule has 4 atom stereocenters. The van der Waals surface area contributed by atoms with Gasteiger partial charge < -0.3 is 30.4 Å². The molecule has 6 heteroatoms. The van der Waals surface area contributed by atoms with E-state index in [0.29, 0.717) is 26.4 Å². The first kappa shape index (κ1) is 18.8. The standard InChI is InChI=1S/C13H30N2O4/c1-10(14)5-16-9-17-7-12(3)19-8-13(4)18-6-11(2)15/h10-13H,5-9,14-15H2,1-4H3. The lowest BCUT2D eigenvalue weighted by Crippen LogP contribution is -2.29. The van der Waals surface area contributed by atoms with Gasteiger partial charge in [0.2, 0.25) is 0 Å². The van der Waals surface area contributed by atoms with Crippen LogP contribution in [0.4, 0.5) is 0 Å². The molecule has 0 heterocycles. The lowest BCUT2D eigenvalue weighted by Gasteiger charge is -2.18. The second kappa shape index (κ2) is 11.6. The summed E-state index contributed by atoms with van der Waals surface area (Å²) in [6.07, 6.45) is 0.0306. The summed E-state index contributed by atoms with van der Waals surface area (Å²) in [4.78, 5) is 0. The van der Waals surface area contributed by atoms with Crippen LogP contribution < -0.4 is 11.5 Å². The van der Waals surface area contributed by atoms with Crippen LogP contribution in [0.5, 0.6) is 0 Å². The Morgan fingerprint density at radius 2 is 1.16 bits per heavy atom. The van der Waals surface area contributed by atoms with Crippen LogP contribution in [0.1, 0.15) is 27.7 Å². The van der Waals surface area contributed by atoms with Crippen LogP contribution in [0.25, 0.3) is 0 Å². The monoisotopic (exact) mass is 278 g/mol. The molecule has 0 spiro atoms. The molecule has 0 aliphatic carbocycles. The van der Waals surface area contributed by atoms with Gasteiger partial charge in [-0.2, -0.15) is 0 Å². The summed E-state index contributed by atoms with van der Waals surface area (Å²) in [5.74, 6) is 0. The van der Waals surface area contributed by atoms with Gasteiger partial charge in [0.1, 0.15) is 6.79 Å². The van der Waals surface area contributed by atoms with Gasteiger partial charge in [-0.25, -0.2) is 0 Å². The van der Waals surface area contributed by atoms with Gasteiger partial charge in [-0.1, -0.05) is 0 Å². The van der Waals surface area contributed by atoms with Crippen LogP contribution in [0, 0.1) is 0 Å². The Bertz CT molecular complexity index is 203. The first-order chi connectivity index (χ1) is 8.91. The zero-order valence-corrected chi connectivity index (χ0v) is 12.6. The molecule has 0 saturated heterocycles. The Balaban J connectivity index is 3.40. The molecule has 0 aromatic rings. The van der Waals surface area contributed by atoms with E-state index in [-0.39, 0.29) is 31.1 Å². The summed E-state index contributed by atoms with van der Waals surface area (Å²) in [6.45, 7) is 9.99. The van der Waals surface area contributed by atoms with Gasteiger partial charge in [-0.3, -0.25) is 0 Å². The smallest absolute Gasteiger partial charge is 0.146 e. The van der Waals surface area contributed by atoms with Gasteiger partial charge in [-0.15, -0.1) is 0 Å². The number of ether oxygens (including phenoxy) is 4. The Kier molecular flexibility index (Phi) is 11.4. The number of rotatable bonds is 12. The third-order valence-corrected chi connectivity index (χ3v) is 2.16. The average molecular weight is 278 g/mol. The fourth-order valence-electron chi connectivity index (χ4n) is 1.22. The lowest BCUT2D eigenvalue weighted by atomic mass is 10.3. The molecule has 0 bridgehead atoms. The van der Waals surface area contributed by atoms with E-state index < -0.39 is 0 Å². The molecule has 19 heavy (non-hydrogen) atoms. The van der Waals surface area contributed by atoms with Crippen molar-refractivity contribution in [1.82, 2.24) is 0 Å². The molecule has 0 radical (unpaired) electrons. The SMILES string of the molecule is CC(N)COCOCC(C)OCC(C)OCC(C)N. The molecule has 0 amide bonds. The average Bonchev–Trinajstić information content (AvgIpc) is 2.33. The summed E-state index contributed by atoms with van der Waals surface area (Å²) in [7, 11) is 0. The van der Waals surface area contributed by atoms with Crippen molar-refractivity contribution in [1.29, 1.82) is 0 Å². The summed E-state index contributed by atoms with van der Waals surface area (Å²) < 4.78 is 21.6. The maximum Gasteiger partial charge on any atom is 0.146 e. The van der Waals surface area contributed by atoms with Gasteiger partial charge in [0.05, 0.1) is 38.6 Å². The van der Waals surface area contributed by atoms with Crippen LogP contribution in [0.2, 0.25) is 0 Å². The van der Waals surface area contributed by atoms with Crippen molar-refractivity contribution in [3.63, 3.8) is 0 Å². The van der Waals surface area contributed by atoms with Gasteiger partial charge in [0.15, 0.2) is 0 Å². The van der Waals surface area contributed by atoms with Crippen molar-refractivity contribution >= 4 is 0 Å². The maximum atomic E-state index is 5.60. The quantitative estimate of drug-likeness (QED) is 0.399. The first-order valence-electron chi connectivity index (χ1n) is 6.81. The molecule has 116 valence electrons. The van der Waals surface area contributed by atoms with E-state index in [2.05, 4.69) is 0 Å². The highest BCUT2D eigenvalue weighted by atomic mass is 16.7. The van der Waals surface area contributed by atoms with Crippen LogP contribution >= 0.6 is 0 Å². The fraction of sp³-hybridized carbons (Fsp3) is 1.00. The molecule has 0 aromatic carbocycles. The molecule has 6 nitrogen and oxygen atoms in total. The molecule has 0 aliphatic rings. The van der Waals surface area contributed by atoms with E-state index in [0.717, 1.165) is 0 Å². The Morgan fingerprint density at radius 3 is 1.74 bits per heavy atom. The molecule has 4 unspecified atom stereocenters. The molecule has 0 aliphatic heterocycles. The highest BCUT2D eigenvalue weighted by Crippen LogP contribution is 1.98. The minimum absolute atomic E-state index is 0.000231. The fourth-order valence-corrected chi connectivity index (χ4v) is 1.22. The number of nitrogens with two attached hydrogens (primary N) is 2. The van der Waals surface area contributed by atoms with E-state index in [1.165, 1.54) is 0 Å². The topological polar surface area (TPSA) is 89.0 Å². The predicted octanol–water partition coefficient (Wildman–Crippen LogP) is 0.482. The van der Waals surface area contributed by atoms with Crippen molar-refractivity contribution in [2.75, 3.05) is 33.2 Å². The summed E-state index contributed by atoms with van der Waals surface area (Å²) in [5, 5.41) is 0. The van der Waals surface area contributed by atoms with E-state index in [4.69, 9.17) is 30.4 Å². The van der Waals surface area contributed by atoms with E-state index in [1.54, 1.807) is 0 Å². The Morgan fingerprint density at radius 1 is 0.684 bits per heavy atom. The van der Waals surface area contributed by atoms with E-state index in [9.17, 15) is 0 Å². The van der Waals surface area contributed by atoms with Crippen molar-refractivity contribution in [2.24, 2.45) is 11.5 Å². The molecule has 0 saturated carbocycles. The minimum atomic E-state index is 0.000231. The van der Waals surface area contributed by atoms with E-state index >= 15 is 0 Å². The highest BCUT2D eigenvalue weighted by Gasteiger charge is 2.08. The summed E-state index contributed by atoms with van der Waals surface area (Å²) >= 11 is 0. The number of hydrogen-bond acceptors (Lipinski definition) is 6. The van der Waals surface area contributed by atoms with Crippen molar-refractivity contribution in [3.8, 4) is 0 Å². The van der Waals surface area contributed by atoms with Crippen molar-refractivity contribution in [2.45, 2.75) is 52.0 Å². The highest BCUT2D eigenvalue weighted by molar-refractivity contribution is 4.55. The minimum Gasteiger partial charge on any atom is -0.375 e. The van der Waals surface area contributed by atoms with Crippen LogP contribution in [-0.4, -0.2) is 57.5 Å². The van der Waals surface area contributed by atoms with Crippen LogP contribution in [0.15, 0.2) is 0 Å². The summed E-state index contributed by atoms with van der Waals surface area (Å²) in [5.41, 5.74) is 11.1. The normalized spacial score (nSPS) is 18.0. The van der Waals surface area contributed by atoms with E-state index in [1.807, 2.05) is 27.7 Å². The van der Waals surface area contributed by atoms with Crippen LogP contribution in [-0.2, 0) is 18.9 Å². The van der Waals surface area contributed by atoms with Gasteiger partial charge >= 0.3 is 0 Å². The molecular weight excluding hydrogens is 248 g/mol. The zero-order valence-electron chi connectivity index (χ0n) is 12.6. The lowest BCUT2D eigenvalue weighted by molar-refractivity contribution is -0.102. The third-order valence-electron chi connectivity index (χ3n) is 2.16. The Hall–Kier alpha value is -0.240. The largest absolute Gasteiger partial charge is 0.375 e.